The topological polar surface area (TPSA) is 39.5 Å². The van der Waals surface area contributed by atoms with Gasteiger partial charge in [0.2, 0.25) is 0 Å². The number of benzene rings is 1. The number of anilines is 1. The van der Waals surface area contributed by atoms with Crippen molar-refractivity contribution in [1.82, 2.24) is 4.90 Å². The van der Waals surface area contributed by atoms with Crippen molar-refractivity contribution in [2.75, 3.05) is 45.3 Å². The van der Waals surface area contributed by atoms with Crippen molar-refractivity contribution in [3.8, 4) is 6.07 Å². The average molecular weight is 245 g/mol. The zero-order valence-electron chi connectivity index (χ0n) is 11.0. The van der Waals surface area contributed by atoms with Gasteiger partial charge >= 0.3 is 0 Å². The summed E-state index contributed by atoms with van der Waals surface area (Å²) in [6, 6.07) is 10.4. The Kier molecular flexibility index (Phi) is 4.19. The van der Waals surface area contributed by atoms with E-state index in [1.807, 2.05) is 26.2 Å². The Balaban J connectivity index is 2.14. The van der Waals surface area contributed by atoms with Crippen LogP contribution in [-0.4, -0.2) is 45.3 Å². The highest BCUT2D eigenvalue weighted by molar-refractivity contribution is 5.47. The molecule has 1 atom stereocenters. The Hall–Kier alpha value is -1.57. The predicted molar refractivity (Wildman–Crippen MR) is 71.5 cm³/mol. The van der Waals surface area contributed by atoms with Gasteiger partial charge in [-0.15, -0.1) is 0 Å². The van der Waals surface area contributed by atoms with Crippen LogP contribution >= 0.6 is 0 Å². The third-order valence-corrected chi connectivity index (χ3v) is 3.26. The molecule has 1 aromatic rings. The van der Waals surface area contributed by atoms with Crippen LogP contribution in [0.5, 0.6) is 0 Å². The molecule has 2 rings (SSSR count). The summed E-state index contributed by atoms with van der Waals surface area (Å²) < 4.78 is 5.32. The average Bonchev–Trinajstić information content (AvgIpc) is 2.41. The molecule has 0 radical (unpaired) electrons. The van der Waals surface area contributed by atoms with Gasteiger partial charge < -0.3 is 9.64 Å². The fraction of sp³-hybridized carbons (Fsp3) is 0.500. The molecule has 1 saturated heterocycles. The molecule has 0 saturated carbocycles. The van der Waals surface area contributed by atoms with Crippen LogP contribution in [-0.2, 0) is 4.74 Å². The number of ether oxygens (including phenoxy) is 1. The minimum Gasteiger partial charge on any atom is -0.379 e. The molecule has 0 amide bonds. The highest BCUT2D eigenvalue weighted by atomic mass is 16.5. The van der Waals surface area contributed by atoms with Gasteiger partial charge in [-0.3, -0.25) is 4.90 Å². The zero-order valence-corrected chi connectivity index (χ0v) is 11.0. The lowest BCUT2D eigenvalue weighted by Crippen LogP contribution is -2.38. The number of rotatable bonds is 3. The SMILES string of the molecule is CN(C)c1ccc([C@H](C#N)N2CCOCC2)cc1. The first kappa shape index (κ1) is 12.9. The molecule has 1 heterocycles. The minimum atomic E-state index is -0.162. The first-order chi connectivity index (χ1) is 8.72. The number of hydrogen-bond acceptors (Lipinski definition) is 4. The summed E-state index contributed by atoms with van der Waals surface area (Å²) in [7, 11) is 4.03. The Morgan fingerprint density at radius 1 is 1.22 bits per heavy atom. The van der Waals surface area contributed by atoms with Gasteiger partial charge in [-0.2, -0.15) is 5.26 Å². The Labute approximate surface area is 108 Å². The summed E-state index contributed by atoms with van der Waals surface area (Å²) in [5.41, 5.74) is 2.21. The monoisotopic (exact) mass is 245 g/mol. The normalized spacial score (nSPS) is 18.1. The molecule has 1 aliphatic rings. The molecule has 0 unspecified atom stereocenters. The van der Waals surface area contributed by atoms with Crippen molar-refractivity contribution >= 4 is 5.69 Å². The molecule has 0 N–H and O–H groups in total. The Morgan fingerprint density at radius 3 is 2.33 bits per heavy atom. The number of morpholine rings is 1. The second kappa shape index (κ2) is 5.85. The number of hydrogen-bond donors (Lipinski definition) is 0. The van der Waals surface area contributed by atoms with Gasteiger partial charge in [-0.05, 0) is 17.7 Å². The molecule has 96 valence electrons. The van der Waals surface area contributed by atoms with Crippen LogP contribution in [0.2, 0.25) is 0 Å². The van der Waals surface area contributed by atoms with E-state index in [9.17, 15) is 5.26 Å². The summed E-state index contributed by atoms with van der Waals surface area (Å²) in [4.78, 5) is 4.23. The molecule has 0 bridgehead atoms. The molecule has 18 heavy (non-hydrogen) atoms. The Bertz CT molecular complexity index is 416. The van der Waals surface area contributed by atoms with Crippen molar-refractivity contribution in [2.45, 2.75) is 6.04 Å². The van der Waals surface area contributed by atoms with E-state index in [4.69, 9.17) is 4.74 Å². The van der Waals surface area contributed by atoms with E-state index >= 15 is 0 Å². The molecule has 4 nitrogen and oxygen atoms in total. The maximum Gasteiger partial charge on any atom is 0.124 e. The van der Waals surface area contributed by atoms with Crippen molar-refractivity contribution in [3.63, 3.8) is 0 Å². The van der Waals surface area contributed by atoms with Crippen LogP contribution in [0.1, 0.15) is 11.6 Å². The fourth-order valence-electron chi connectivity index (χ4n) is 2.16. The third-order valence-electron chi connectivity index (χ3n) is 3.26. The van der Waals surface area contributed by atoms with Crippen molar-refractivity contribution in [1.29, 1.82) is 5.26 Å². The zero-order chi connectivity index (χ0) is 13.0. The summed E-state index contributed by atoms with van der Waals surface area (Å²) >= 11 is 0. The fourth-order valence-corrected chi connectivity index (χ4v) is 2.16. The first-order valence-corrected chi connectivity index (χ1v) is 6.21. The molecule has 1 aromatic carbocycles. The van der Waals surface area contributed by atoms with E-state index in [0.29, 0.717) is 13.2 Å². The molecule has 0 aromatic heterocycles. The summed E-state index contributed by atoms with van der Waals surface area (Å²) in [6.45, 7) is 3.09. The highest BCUT2D eigenvalue weighted by Crippen LogP contribution is 2.23. The molecule has 0 aliphatic carbocycles. The molecule has 0 spiro atoms. The standard InChI is InChI=1S/C14H19N3O/c1-16(2)13-5-3-12(4-6-13)14(11-15)17-7-9-18-10-8-17/h3-6,14H,7-10H2,1-2H3/t14-/m0/s1. The lowest BCUT2D eigenvalue weighted by molar-refractivity contribution is 0.0266. The van der Waals surface area contributed by atoms with Crippen LogP contribution in [0.4, 0.5) is 5.69 Å². The maximum absolute atomic E-state index is 9.37. The first-order valence-electron chi connectivity index (χ1n) is 6.21. The van der Waals surface area contributed by atoms with Crippen molar-refractivity contribution in [3.05, 3.63) is 29.8 Å². The quantitative estimate of drug-likeness (QED) is 0.811. The van der Waals surface area contributed by atoms with Crippen LogP contribution in [0, 0.1) is 11.3 Å². The highest BCUT2D eigenvalue weighted by Gasteiger charge is 2.22. The van der Waals surface area contributed by atoms with Crippen LogP contribution in [0.25, 0.3) is 0 Å². The van der Waals surface area contributed by atoms with Gasteiger partial charge in [-0.25, -0.2) is 0 Å². The lowest BCUT2D eigenvalue weighted by Gasteiger charge is -2.30. The van der Waals surface area contributed by atoms with E-state index in [1.54, 1.807) is 0 Å². The second-order valence-corrected chi connectivity index (χ2v) is 4.67. The Morgan fingerprint density at radius 2 is 1.83 bits per heavy atom. The van der Waals surface area contributed by atoms with Gasteiger partial charge in [0.15, 0.2) is 0 Å². The molecule has 4 heteroatoms. The van der Waals surface area contributed by atoms with Gasteiger partial charge in [0.1, 0.15) is 6.04 Å². The van der Waals surface area contributed by atoms with E-state index in [1.165, 1.54) is 0 Å². The van der Waals surface area contributed by atoms with Crippen LogP contribution < -0.4 is 4.90 Å². The predicted octanol–water partition coefficient (Wildman–Crippen LogP) is 1.65. The molecule has 1 aliphatic heterocycles. The number of nitriles is 1. The van der Waals surface area contributed by atoms with Crippen molar-refractivity contribution < 1.29 is 4.74 Å². The van der Waals surface area contributed by atoms with E-state index in [-0.39, 0.29) is 6.04 Å². The minimum absolute atomic E-state index is 0.162. The van der Waals surface area contributed by atoms with E-state index in [2.05, 4.69) is 28.0 Å². The van der Waals surface area contributed by atoms with Crippen LogP contribution in [0.15, 0.2) is 24.3 Å². The van der Waals surface area contributed by atoms with Gasteiger partial charge in [0, 0.05) is 32.9 Å². The van der Waals surface area contributed by atoms with Gasteiger partial charge in [-0.1, -0.05) is 12.1 Å². The summed E-state index contributed by atoms with van der Waals surface area (Å²) in [5, 5.41) is 9.37. The van der Waals surface area contributed by atoms with Crippen LogP contribution in [0.3, 0.4) is 0 Å². The molecule has 1 fully saturated rings. The smallest absolute Gasteiger partial charge is 0.124 e. The number of nitrogens with zero attached hydrogens (tertiary/aromatic N) is 3. The second-order valence-electron chi connectivity index (χ2n) is 4.67. The van der Waals surface area contributed by atoms with E-state index in [0.717, 1.165) is 24.3 Å². The molecular weight excluding hydrogens is 226 g/mol. The third kappa shape index (κ3) is 2.81. The summed E-state index contributed by atoms with van der Waals surface area (Å²) in [5.74, 6) is 0. The van der Waals surface area contributed by atoms with Gasteiger partial charge in [0.05, 0.1) is 19.3 Å². The van der Waals surface area contributed by atoms with Crippen molar-refractivity contribution in [2.24, 2.45) is 0 Å². The maximum atomic E-state index is 9.37. The largest absolute Gasteiger partial charge is 0.379 e. The van der Waals surface area contributed by atoms with Gasteiger partial charge in [0.25, 0.3) is 0 Å². The summed E-state index contributed by atoms with van der Waals surface area (Å²) in [6.07, 6.45) is 0. The molecular formula is C14H19N3O. The van der Waals surface area contributed by atoms with E-state index < -0.39 is 0 Å². The lowest BCUT2D eigenvalue weighted by atomic mass is 10.1.